The van der Waals surface area contributed by atoms with Crippen LogP contribution in [0, 0.1) is 4.78 Å². The molecule has 1 unspecified atom stereocenters. The number of hydrogen-bond donors (Lipinski definition) is 3. The SMILES string of the molecule is COC(=O)c1cccnc1S(=N)(N)=O.COC(=O)c1cccnc1S(=O)(=O)N[Si](C)(C)C(C)(C)C.C[Si](C)C(C)(C)C. The second-order valence-electron chi connectivity index (χ2n) is 12.0. The lowest BCUT2D eigenvalue weighted by molar-refractivity contribution is 0.0586. The largest absolute Gasteiger partial charge is 0.465 e. The Morgan fingerprint density at radius 1 is 0.881 bits per heavy atom. The number of nitrogens with one attached hydrogen (secondary N) is 2. The second kappa shape index (κ2) is 15.3. The predicted molar refractivity (Wildman–Crippen MR) is 169 cm³/mol. The van der Waals surface area contributed by atoms with Crippen molar-refractivity contribution in [1.82, 2.24) is 14.4 Å². The maximum atomic E-state index is 12.6. The molecule has 0 saturated heterocycles. The smallest absolute Gasteiger partial charge is 0.340 e. The van der Waals surface area contributed by atoms with Gasteiger partial charge >= 0.3 is 11.9 Å². The molecule has 0 aliphatic carbocycles. The van der Waals surface area contributed by atoms with Gasteiger partial charge in [-0.15, -0.1) is 0 Å². The first-order valence-electron chi connectivity index (χ1n) is 12.8. The summed E-state index contributed by atoms with van der Waals surface area (Å²) >= 11 is 0. The summed E-state index contributed by atoms with van der Waals surface area (Å²) in [6, 6.07) is 5.72. The molecule has 2 aromatic rings. The molecule has 0 aliphatic heterocycles. The van der Waals surface area contributed by atoms with E-state index in [1.54, 1.807) is 0 Å². The third kappa shape index (κ3) is 12.0. The van der Waals surface area contributed by atoms with Gasteiger partial charge < -0.3 is 9.47 Å². The van der Waals surface area contributed by atoms with Crippen LogP contribution in [0.2, 0.25) is 36.3 Å². The van der Waals surface area contributed by atoms with Crippen LogP contribution in [-0.2, 0) is 29.4 Å². The van der Waals surface area contributed by atoms with E-state index in [0.29, 0.717) is 5.04 Å². The van der Waals surface area contributed by atoms with E-state index in [2.05, 4.69) is 57.7 Å². The summed E-state index contributed by atoms with van der Waals surface area (Å²) < 4.78 is 55.3. The Kier molecular flexibility index (Phi) is 14.4. The van der Waals surface area contributed by atoms with Crippen molar-refractivity contribution in [3.8, 4) is 0 Å². The molecule has 1 radical (unpaired) electrons. The molecule has 0 saturated carbocycles. The summed E-state index contributed by atoms with van der Waals surface area (Å²) in [5, 5.41) is 4.95. The lowest BCUT2D eigenvalue weighted by atomic mass is 10.2. The minimum Gasteiger partial charge on any atom is -0.465 e. The number of carbonyl (C=O) groups excluding carboxylic acids is 2. The summed E-state index contributed by atoms with van der Waals surface area (Å²) in [5.41, 5.74) is -0.108. The van der Waals surface area contributed by atoms with E-state index in [1.807, 2.05) is 33.9 Å². The number of ether oxygens (including phenoxy) is 2. The zero-order valence-electron chi connectivity index (χ0n) is 26.6. The maximum absolute atomic E-state index is 12.6. The lowest BCUT2D eigenvalue weighted by Gasteiger charge is -2.36. The molecule has 1 atom stereocenters. The molecule has 0 aliphatic rings. The first-order valence-corrected chi connectivity index (χ1v) is 21.4. The van der Waals surface area contributed by atoms with E-state index in [0.717, 1.165) is 0 Å². The molecule has 2 rings (SSSR count). The highest BCUT2D eigenvalue weighted by molar-refractivity contribution is 7.91. The molecule has 0 spiro atoms. The second-order valence-corrected chi connectivity index (χ2v) is 24.1. The van der Waals surface area contributed by atoms with Gasteiger partial charge in [0.25, 0.3) is 10.0 Å². The highest BCUT2D eigenvalue weighted by atomic mass is 32.2. The molecule has 0 aromatic carbocycles. The number of esters is 2. The van der Waals surface area contributed by atoms with Gasteiger partial charge in [0.2, 0.25) is 0 Å². The summed E-state index contributed by atoms with van der Waals surface area (Å²) in [6.45, 7) is 21.4. The molecule has 237 valence electrons. The molecule has 16 heteroatoms. The minimum atomic E-state index is -3.89. The van der Waals surface area contributed by atoms with Crippen molar-refractivity contribution in [3.63, 3.8) is 0 Å². The lowest BCUT2D eigenvalue weighted by Crippen LogP contribution is -2.54. The van der Waals surface area contributed by atoms with E-state index in [9.17, 15) is 22.2 Å². The summed E-state index contributed by atoms with van der Waals surface area (Å²) in [4.78, 5) is 30.3. The van der Waals surface area contributed by atoms with Crippen molar-refractivity contribution in [2.75, 3.05) is 14.2 Å². The Balaban J connectivity index is 0.000000685. The van der Waals surface area contributed by atoms with Gasteiger partial charge in [0.05, 0.1) is 25.3 Å². The number of nitrogens with two attached hydrogens (primary N) is 1. The number of methoxy groups -OCH3 is 2. The first kappa shape index (κ1) is 39.5. The highest BCUT2D eigenvalue weighted by Gasteiger charge is 2.40. The van der Waals surface area contributed by atoms with Gasteiger partial charge in [-0.3, -0.25) is 0 Å². The van der Waals surface area contributed by atoms with Gasteiger partial charge in [0, 0.05) is 21.2 Å². The Bertz CT molecular complexity index is 1440. The maximum Gasteiger partial charge on any atom is 0.340 e. The van der Waals surface area contributed by atoms with Crippen LogP contribution in [0.15, 0.2) is 46.7 Å². The van der Waals surface area contributed by atoms with Crippen LogP contribution in [-0.4, -0.2) is 65.8 Å². The zero-order chi connectivity index (χ0) is 33.3. The van der Waals surface area contributed by atoms with E-state index in [1.165, 1.54) is 50.9 Å². The van der Waals surface area contributed by atoms with Crippen molar-refractivity contribution in [3.05, 3.63) is 47.8 Å². The van der Waals surface area contributed by atoms with Gasteiger partial charge in [-0.25, -0.2) is 46.5 Å². The molecule has 42 heavy (non-hydrogen) atoms. The van der Waals surface area contributed by atoms with E-state index in [-0.39, 0.29) is 35.0 Å². The van der Waals surface area contributed by atoms with E-state index < -0.39 is 40.1 Å². The normalized spacial score (nSPS) is 13.5. The molecule has 2 aromatic heterocycles. The Hall–Kier alpha value is -2.51. The molecule has 0 fully saturated rings. The van der Waals surface area contributed by atoms with Crippen LogP contribution in [0.1, 0.15) is 62.3 Å². The van der Waals surface area contributed by atoms with Crippen molar-refractivity contribution in [2.24, 2.45) is 5.14 Å². The zero-order valence-corrected chi connectivity index (χ0v) is 30.2. The topological polar surface area (TPSA) is 191 Å². The van der Waals surface area contributed by atoms with Gasteiger partial charge in [-0.05, 0) is 34.3 Å². The molecule has 0 bridgehead atoms. The van der Waals surface area contributed by atoms with Crippen molar-refractivity contribution in [2.45, 2.75) is 87.9 Å². The third-order valence-electron chi connectivity index (χ3n) is 6.66. The number of sulfonamides is 1. The molecular weight excluding hydrogens is 615 g/mol. The van der Waals surface area contributed by atoms with Gasteiger partial charge in [-0.1, -0.05) is 67.7 Å². The number of aromatic nitrogens is 2. The van der Waals surface area contributed by atoms with Crippen LogP contribution in [0.4, 0.5) is 0 Å². The van der Waals surface area contributed by atoms with Crippen molar-refractivity contribution >= 4 is 48.9 Å². The number of rotatable bonds is 6. The first-order chi connectivity index (χ1) is 18.8. The number of pyridine rings is 2. The summed E-state index contributed by atoms with van der Waals surface area (Å²) in [7, 11) is -7.38. The average molecular weight is 661 g/mol. The fourth-order valence-electron chi connectivity index (χ4n) is 2.31. The van der Waals surface area contributed by atoms with Gasteiger partial charge in [-0.2, -0.15) is 0 Å². The summed E-state index contributed by atoms with van der Waals surface area (Å²) in [6.07, 6.45) is 2.65. The molecule has 0 amide bonds. The molecule has 4 N–H and O–H groups in total. The Morgan fingerprint density at radius 2 is 1.24 bits per heavy atom. The Labute approximate surface area is 254 Å². The van der Waals surface area contributed by atoms with Gasteiger partial charge in [0.15, 0.2) is 20.0 Å². The minimum absolute atomic E-state index is 0.0440. The highest BCUT2D eigenvalue weighted by Crippen LogP contribution is 2.35. The van der Waals surface area contributed by atoms with Gasteiger partial charge in [0.1, 0.15) is 8.24 Å². The predicted octanol–water partition coefficient (Wildman–Crippen LogP) is 4.84. The number of carbonyl (C=O) groups is 2. The molecular formula is C26H46N5O7S2Si2. The fourth-order valence-corrected chi connectivity index (χ4v) is 7.94. The molecule has 12 nitrogen and oxygen atoms in total. The quantitative estimate of drug-likeness (QED) is 0.287. The van der Waals surface area contributed by atoms with Crippen LogP contribution in [0.25, 0.3) is 0 Å². The van der Waals surface area contributed by atoms with Crippen molar-refractivity contribution in [1.29, 1.82) is 4.78 Å². The number of hydrogen-bond acceptors (Lipinski definition) is 10. The van der Waals surface area contributed by atoms with E-state index in [4.69, 9.17) is 9.92 Å². The summed E-state index contributed by atoms with van der Waals surface area (Å²) in [5.74, 6) is -1.43. The van der Waals surface area contributed by atoms with Crippen molar-refractivity contribution < 1.29 is 31.7 Å². The Morgan fingerprint density at radius 3 is 1.55 bits per heavy atom. The van der Waals surface area contributed by atoms with E-state index >= 15 is 0 Å². The van der Waals surface area contributed by atoms with Crippen LogP contribution >= 0.6 is 0 Å². The average Bonchev–Trinajstić information content (AvgIpc) is 2.86. The monoisotopic (exact) mass is 660 g/mol. The van der Waals surface area contributed by atoms with Crippen LogP contribution in [0.5, 0.6) is 0 Å². The number of nitrogens with zero attached hydrogens (tertiary/aromatic N) is 2. The van der Waals surface area contributed by atoms with Crippen LogP contribution < -0.4 is 9.53 Å². The third-order valence-corrected chi connectivity index (χ3v) is 18.3. The molecule has 2 heterocycles. The van der Waals surface area contributed by atoms with Crippen LogP contribution in [0.3, 0.4) is 0 Å². The fraction of sp³-hybridized carbons (Fsp3) is 0.538. The standard InChI is InChI=1S/C13H22N2O4SSi.C7H9N3O3S.C6H15Si/c1-13(2,3)21(5,6)15-20(17,18)11-10(12(16)19-4)8-7-9-14-11;1-13-7(11)5-3-2-4-10-6(5)14(8,9)12;1-6(2,3)7(4)5/h7-9,15H,1-6H3;2-4H,1H3,(H3,8,9,12);1-5H3.